The fourth-order valence-corrected chi connectivity index (χ4v) is 0.774. The number of hydrogen-bond donors (Lipinski definition) is 2. The standard InChI is InChI=1S/C9H20N2O/c1-7(2)8(3)10-5-6-11-9(4)12/h7-8,10H,5-6H2,1-4H3,(H,11,12). The van der Waals surface area contributed by atoms with Crippen LogP contribution < -0.4 is 10.6 Å². The number of rotatable bonds is 5. The quantitative estimate of drug-likeness (QED) is 0.601. The van der Waals surface area contributed by atoms with Gasteiger partial charge in [-0.05, 0) is 12.8 Å². The molecule has 3 heteroatoms. The lowest BCUT2D eigenvalue weighted by Crippen LogP contribution is -2.37. The van der Waals surface area contributed by atoms with Crippen LogP contribution in [0.4, 0.5) is 0 Å². The zero-order valence-corrected chi connectivity index (χ0v) is 8.48. The molecule has 0 heterocycles. The normalized spacial score (nSPS) is 13.1. The number of carbonyl (C=O) groups excluding carboxylic acids is 1. The number of nitrogens with one attached hydrogen (secondary N) is 2. The second-order valence-corrected chi connectivity index (χ2v) is 3.47. The first-order valence-electron chi connectivity index (χ1n) is 4.52. The van der Waals surface area contributed by atoms with Gasteiger partial charge in [-0.25, -0.2) is 0 Å². The zero-order chi connectivity index (χ0) is 9.56. The second kappa shape index (κ2) is 6.00. The maximum absolute atomic E-state index is 10.5. The minimum Gasteiger partial charge on any atom is -0.355 e. The molecule has 1 atom stereocenters. The van der Waals surface area contributed by atoms with Crippen LogP contribution in [0.1, 0.15) is 27.7 Å². The van der Waals surface area contributed by atoms with Crippen LogP contribution in [0.3, 0.4) is 0 Å². The van der Waals surface area contributed by atoms with Gasteiger partial charge < -0.3 is 10.6 Å². The third-order valence-corrected chi connectivity index (χ3v) is 1.97. The molecule has 0 aromatic carbocycles. The fraction of sp³-hybridized carbons (Fsp3) is 0.889. The number of amides is 1. The van der Waals surface area contributed by atoms with Gasteiger partial charge in [0.25, 0.3) is 0 Å². The molecule has 0 aromatic rings. The van der Waals surface area contributed by atoms with Crippen molar-refractivity contribution >= 4 is 5.91 Å². The van der Waals surface area contributed by atoms with E-state index in [9.17, 15) is 4.79 Å². The summed E-state index contributed by atoms with van der Waals surface area (Å²) in [4.78, 5) is 10.5. The lowest BCUT2D eigenvalue weighted by Gasteiger charge is -2.17. The molecule has 2 N–H and O–H groups in total. The summed E-state index contributed by atoms with van der Waals surface area (Å²) in [6.45, 7) is 9.60. The Kier molecular flexibility index (Phi) is 5.72. The second-order valence-electron chi connectivity index (χ2n) is 3.47. The van der Waals surface area contributed by atoms with Crippen LogP contribution in [-0.2, 0) is 4.79 Å². The third kappa shape index (κ3) is 6.16. The van der Waals surface area contributed by atoms with Crippen molar-refractivity contribution in [1.82, 2.24) is 10.6 Å². The van der Waals surface area contributed by atoms with Crippen molar-refractivity contribution < 1.29 is 4.79 Å². The summed E-state index contributed by atoms with van der Waals surface area (Å²) in [5, 5.41) is 6.06. The highest BCUT2D eigenvalue weighted by atomic mass is 16.1. The lowest BCUT2D eigenvalue weighted by molar-refractivity contribution is -0.118. The molecule has 0 saturated carbocycles. The Hall–Kier alpha value is -0.570. The lowest BCUT2D eigenvalue weighted by atomic mass is 10.1. The summed E-state index contributed by atoms with van der Waals surface area (Å²) in [5.41, 5.74) is 0. The number of hydrogen-bond acceptors (Lipinski definition) is 2. The molecule has 0 fully saturated rings. The zero-order valence-electron chi connectivity index (χ0n) is 8.48. The summed E-state index contributed by atoms with van der Waals surface area (Å²) < 4.78 is 0. The molecular weight excluding hydrogens is 152 g/mol. The Balaban J connectivity index is 3.25. The van der Waals surface area contributed by atoms with Gasteiger partial charge in [0.05, 0.1) is 0 Å². The Morgan fingerprint density at radius 1 is 1.25 bits per heavy atom. The summed E-state index contributed by atoms with van der Waals surface area (Å²) in [6.07, 6.45) is 0. The van der Waals surface area contributed by atoms with Crippen molar-refractivity contribution in [2.45, 2.75) is 33.7 Å². The molecule has 0 spiro atoms. The van der Waals surface area contributed by atoms with Gasteiger partial charge in [-0.2, -0.15) is 0 Å². The van der Waals surface area contributed by atoms with E-state index in [0.717, 1.165) is 6.54 Å². The molecular formula is C9H20N2O. The van der Waals surface area contributed by atoms with E-state index >= 15 is 0 Å². The topological polar surface area (TPSA) is 41.1 Å². The maximum Gasteiger partial charge on any atom is 0.216 e. The maximum atomic E-state index is 10.5. The van der Waals surface area contributed by atoms with Gasteiger partial charge in [0, 0.05) is 26.1 Å². The van der Waals surface area contributed by atoms with Gasteiger partial charge >= 0.3 is 0 Å². The molecule has 0 aliphatic rings. The van der Waals surface area contributed by atoms with Crippen molar-refractivity contribution in [3.63, 3.8) is 0 Å². The summed E-state index contributed by atoms with van der Waals surface area (Å²) >= 11 is 0. The van der Waals surface area contributed by atoms with E-state index in [-0.39, 0.29) is 5.91 Å². The smallest absolute Gasteiger partial charge is 0.216 e. The largest absolute Gasteiger partial charge is 0.355 e. The first kappa shape index (κ1) is 11.4. The van der Waals surface area contributed by atoms with Crippen LogP contribution in [0.2, 0.25) is 0 Å². The Bertz CT molecular complexity index is 134. The Morgan fingerprint density at radius 3 is 2.25 bits per heavy atom. The highest BCUT2D eigenvalue weighted by Gasteiger charge is 2.04. The SMILES string of the molecule is CC(=O)NCCNC(C)C(C)C. The summed E-state index contributed by atoms with van der Waals surface area (Å²) in [5.74, 6) is 0.677. The molecule has 0 rings (SSSR count). The van der Waals surface area contributed by atoms with Crippen molar-refractivity contribution in [2.75, 3.05) is 13.1 Å². The van der Waals surface area contributed by atoms with Crippen LogP contribution in [0.25, 0.3) is 0 Å². The minimum absolute atomic E-state index is 0.0361. The van der Waals surface area contributed by atoms with Gasteiger partial charge in [0.2, 0.25) is 5.91 Å². The van der Waals surface area contributed by atoms with Crippen LogP contribution in [0, 0.1) is 5.92 Å². The molecule has 12 heavy (non-hydrogen) atoms. The van der Waals surface area contributed by atoms with E-state index in [4.69, 9.17) is 0 Å². The predicted molar refractivity (Wildman–Crippen MR) is 51.0 cm³/mol. The van der Waals surface area contributed by atoms with E-state index in [0.29, 0.717) is 18.5 Å². The van der Waals surface area contributed by atoms with E-state index in [1.54, 1.807) is 0 Å². The molecule has 72 valence electrons. The third-order valence-electron chi connectivity index (χ3n) is 1.97. The van der Waals surface area contributed by atoms with Gasteiger partial charge in [-0.15, -0.1) is 0 Å². The van der Waals surface area contributed by atoms with Crippen LogP contribution >= 0.6 is 0 Å². The Morgan fingerprint density at radius 2 is 1.83 bits per heavy atom. The van der Waals surface area contributed by atoms with E-state index in [1.165, 1.54) is 6.92 Å². The predicted octanol–water partition coefficient (Wildman–Crippen LogP) is 0.757. The molecule has 0 aromatic heterocycles. The number of carbonyl (C=O) groups is 1. The molecule has 0 bridgehead atoms. The van der Waals surface area contributed by atoms with Crippen molar-refractivity contribution in [2.24, 2.45) is 5.92 Å². The fourth-order valence-electron chi connectivity index (χ4n) is 0.774. The van der Waals surface area contributed by atoms with Gasteiger partial charge in [0.15, 0.2) is 0 Å². The molecule has 0 saturated heterocycles. The van der Waals surface area contributed by atoms with Crippen molar-refractivity contribution in [1.29, 1.82) is 0 Å². The van der Waals surface area contributed by atoms with Gasteiger partial charge in [0.1, 0.15) is 0 Å². The first-order valence-corrected chi connectivity index (χ1v) is 4.52. The molecule has 0 aliphatic heterocycles. The van der Waals surface area contributed by atoms with E-state index < -0.39 is 0 Å². The van der Waals surface area contributed by atoms with Gasteiger partial charge in [-0.3, -0.25) is 4.79 Å². The average molecular weight is 172 g/mol. The van der Waals surface area contributed by atoms with Crippen LogP contribution in [0.15, 0.2) is 0 Å². The minimum atomic E-state index is 0.0361. The van der Waals surface area contributed by atoms with Crippen LogP contribution in [0.5, 0.6) is 0 Å². The molecule has 1 unspecified atom stereocenters. The monoisotopic (exact) mass is 172 g/mol. The highest BCUT2D eigenvalue weighted by Crippen LogP contribution is 1.98. The van der Waals surface area contributed by atoms with Crippen LogP contribution in [-0.4, -0.2) is 25.0 Å². The Labute approximate surface area is 74.9 Å². The molecule has 3 nitrogen and oxygen atoms in total. The van der Waals surface area contributed by atoms with Crippen molar-refractivity contribution in [3.8, 4) is 0 Å². The first-order chi connectivity index (χ1) is 5.54. The summed E-state index contributed by atoms with van der Waals surface area (Å²) in [6, 6.07) is 0.513. The van der Waals surface area contributed by atoms with E-state index in [2.05, 4.69) is 31.4 Å². The summed E-state index contributed by atoms with van der Waals surface area (Å²) in [7, 11) is 0. The van der Waals surface area contributed by atoms with E-state index in [1.807, 2.05) is 0 Å². The van der Waals surface area contributed by atoms with Crippen molar-refractivity contribution in [3.05, 3.63) is 0 Å². The highest BCUT2D eigenvalue weighted by molar-refractivity contribution is 5.72. The molecule has 0 radical (unpaired) electrons. The average Bonchev–Trinajstić information content (AvgIpc) is 1.97. The molecule has 0 aliphatic carbocycles. The molecule has 1 amide bonds. The van der Waals surface area contributed by atoms with Gasteiger partial charge in [-0.1, -0.05) is 13.8 Å².